The normalized spacial score (nSPS) is 19.1. The van der Waals surface area contributed by atoms with E-state index in [0.717, 1.165) is 37.1 Å². The van der Waals surface area contributed by atoms with Crippen LogP contribution < -0.4 is 16.0 Å². The van der Waals surface area contributed by atoms with Gasteiger partial charge in [0.05, 0.1) is 21.3 Å². The van der Waals surface area contributed by atoms with Gasteiger partial charge in [-0.05, 0) is 48.6 Å². The Balaban J connectivity index is 1.01. The van der Waals surface area contributed by atoms with Gasteiger partial charge in [-0.1, -0.05) is 41.4 Å². The summed E-state index contributed by atoms with van der Waals surface area (Å²) in [5.74, 6) is -1.88. The summed E-state index contributed by atoms with van der Waals surface area (Å²) < 4.78 is 0. The largest absolute Gasteiger partial charge is 0.348 e. The number of H-pyrrole nitrogens is 1. The number of anilines is 1. The zero-order valence-electron chi connectivity index (χ0n) is 23.5. The van der Waals surface area contributed by atoms with E-state index in [1.54, 1.807) is 23.1 Å². The van der Waals surface area contributed by atoms with Crippen LogP contribution in [0.25, 0.3) is 0 Å². The SMILES string of the molecule is O=C1CCC(N2Cc3cc(CN4CCC(NC(=O)c5n[nH]cc5NC(=O)c5c(Cl)cccc5Cl)CC4)ccc3C2=O)C(=O)N1. The van der Waals surface area contributed by atoms with Gasteiger partial charge in [0.2, 0.25) is 11.8 Å². The molecule has 0 radical (unpaired) electrons. The number of amides is 5. The van der Waals surface area contributed by atoms with Crippen LogP contribution in [0.1, 0.15) is 68.0 Å². The molecule has 44 heavy (non-hydrogen) atoms. The van der Waals surface area contributed by atoms with Crippen molar-refractivity contribution < 1.29 is 24.0 Å². The zero-order chi connectivity index (χ0) is 31.0. The fourth-order valence-corrected chi connectivity index (χ4v) is 6.50. The summed E-state index contributed by atoms with van der Waals surface area (Å²) in [7, 11) is 0. The molecule has 0 aliphatic carbocycles. The molecule has 14 heteroatoms. The number of fused-ring (bicyclic) bond motifs is 1. The average Bonchev–Trinajstić information content (AvgIpc) is 3.58. The predicted octanol–water partition coefficient (Wildman–Crippen LogP) is 3.12. The summed E-state index contributed by atoms with van der Waals surface area (Å²) in [6.45, 7) is 2.52. The maximum Gasteiger partial charge on any atom is 0.274 e. The van der Waals surface area contributed by atoms with Crippen LogP contribution in [0.3, 0.4) is 0 Å². The zero-order valence-corrected chi connectivity index (χ0v) is 25.0. The van der Waals surface area contributed by atoms with Crippen LogP contribution in [0.2, 0.25) is 10.0 Å². The number of rotatable bonds is 7. The van der Waals surface area contributed by atoms with E-state index in [0.29, 0.717) is 25.1 Å². The van der Waals surface area contributed by atoms with E-state index in [9.17, 15) is 24.0 Å². The van der Waals surface area contributed by atoms with E-state index >= 15 is 0 Å². The summed E-state index contributed by atoms with van der Waals surface area (Å²) >= 11 is 12.3. The molecule has 3 aliphatic heterocycles. The first-order chi connectivity index (χ1) is 21.2. The molecule has 5 amide bonds. The molecular formula is C30H29Cl2N7O5. The predicted molar refractivity (Wildman–Crippen MR) is 161 cm³/mol. The van der Waals surface area contributed by atoms with Gasteiger partial charge in [-0.25, -0.2) is 0 Å². The number of hydrogen-bond acceptors (Lipinski definition) is 7. The first kappa shape index (κ1) is 29.8. The number of piperidine rings is 2. The minimum atomic E-state index is -0.639. The number of aromatic nitrogens is 2. The third-order valence-corrected chi connectivity index (χ3v) is 8.84. The minimum Gasteiger partial charge on any atom is -0.348 e. The Kier molecular flexibility index (Phi) is 8.39. The van der Waals surface area contributed by atoms with Crippen molar-refractivity contribution in [1.82, 2.24) is 30.6 Å². The van der Waals surface area contributed by atoms with Crippen molar-refractivity contribution in [3.8, 4) is 0 Å². The molecule has 3 aliphatic rings. The van der Waals surface area contributed by atoms with Gasteiger partial charge < -0.3 is 15.5 Å². The number of nitrogens with one attached hydrogen (secondary N) is 4. The van der Waals surface area contributed by atoms with Crippen LogP contribution >= 0.6 is 23.2 Å². The Morgan fingerprint density at radius 1 is 1.00 bits per heavy atom. The van der Waals surface area contributed by atoms with Gasteiger partial charge >= 0.3 is 0 Å². The van der Waals surface area contributed by atoms with Crippen LogP contribution in [0.5, 0.6) is 0 Å². The maximum absolute atomic E-state index is 13.0. The second-order valence-electron chi connectivity index (χ2n) is 11.1. The molecule has 6 rings (SSSR count). The lowest BCUT2D eigenvalue weighted by Gasteiger charge is -2.32. The highest BCUT2D eigenvalue weighted by atomic mass is 35.5. The molecule has 1 aromatic heterocycles. The summed E-state index contributed by atoms with van der Waals surface area (Å²) in [5.41, 5.74) is 2.90. The molecule has 0 spiro atoms. The number of aromatic amines is 1. The van der Waals surface area contributed by atoms with Gasteiger partial charge in [0.15, 0.2) is 5.69 Å². The van der Waals surface area contributed by atoms with Crippen LogP contribution in [0, 0.1) is 0 Å². The van der Waals surface area contributed by atoms with Gasteiger partial charge in [0.25, 0.3) is 17.7 Å². The summed E-state index contributed by atoms with van der Waals surface area (Å²) in [4.78, 5) is 66.5. The standard InChI is InChI=1S/C30H29Cl2N7O5/c31-20-2-1-3-21(32)25(20)28(42)35-22-13-33-37-26(22)29(43)34-18-8-10-38(11-9-18)14-16-4-5-19-17(12-16)15-39(30(19)44)23-6-7-24(40)36-27(23)41/h1-5,12-13,18,23H,6-11,14-15H2,(H,33,37)(H,34,43)(H,35,42)(H,36,40,41). The van der Waals surface area contributed by atoms with Gasteiger partial charge in [0, 0.05) is 50.4 Å². The van der Waals surface area contributed by atoms with E-state index in [1.807, 2.05) is 18.2 Å². The average molecular weight is 639 g/mol. The molecular weight excluding hydrogens is 609 g/mol. The molecule has 4 N–H and O–H groups in total. The molecule has 4 heterocycles. The first-order valence-corrected chi connectivity index (χ1v) is 15.0. The van der Waals surface area contributed by atoms with Crippen LogP contribution in [0.15, 0.2) is 42.6 Å². The highest BCUT2D eigenvalue weighted by Gasteiger charge is 2.39. The first-order valence-electron chi connectivity index (χ1n) is 14.3. The van der Waals surface area contributed by atoms with Gasteiger partial charge in [-0.2, -0.15) is 5.10 Å². The third kappa shape index (κ3) is 6.05. The fraction of sp³-hybridized carbons (Fsp3) is 0.333. The van der Waals surface area contributed by atoms with Crippen molar-refractivity contribution in [3.63, 3.8) is 0 Å². The second-order valence-corrected chi connectivity index (χ2v) is 11.9. The van der Waals surface area contributed by atoms with Gasteiger partial charge in [-0.15, -0.1) is 0 Å². The lowest BCUT2D eigenvalue weighted by atomic mass is 10.0. The van der Waals surface area contributed by atoms with E-state index < -0.39 is 23.8 Å². The molecule has 12 nitrogen and oxygen atoms in total. The van der Waals surface area contributed by atoms with Crippen LogP contribution in [-0.2, 0) is 22.7 Å². The lowest BCUT2D eigenvalue weighted by molar-refractivity contribution is -0.136. The summed E-state index contributed by atoms with van der Waals surface area (Å²) in [5, 5.41) is 15.0. The highest BCUT2D eigenvalue weighted by molar-refractivity contribution is 6.40. The molecule has 2 aromatic carbocycles. The molecule has 228 valence electrons. The number of likely N-dealkylation sites (tertiary alicyclic amines) is 1. The molecule has 1 unspecified atom stereocenters. The van der Waals surface area contributed by atoms with Crippen molar-refractivity contribution in [1.29, 1.82) is 0 Å². The maximum atomic E-state index is 13.0. The fourth-order valence-electron chi connectivity index (χ4n) is 5.93. The van der Waals surface area contributed by atoms with Crippen molar-refractivity contribution in [2.75, 3.05) is 18.4 Å². The number of hydrogen-bond donors (Lipinski definition) is 4. The van der Waals surface area contributed by atoms with Gasteiger partial charge in [0.1, 0.15) is 6.04 Å². The van der Waals surface area contributed by atoms with E-state index in [2.05, 4.69) is 31.0 Å². The molecule has 0 saturated carbocycles. The number of carbonyl (C=O) groups is 5. The van der Waals surface area contributed by atoms with Crippen molar-refractivity contribution in [2.45, 2.75) is 50.9 Å². The molecule has 3 aromatic rings. The van der Waals surface area contributed by atoms with E-state index in [1.165, 1.54) is 6.20 Å². The van der Waals surface area contributed by atoms with Crippen molar-refractivity contribution >= 4 is 58.4 Å². The van der Waals surface area contributed by atoms with E-state index in [-0.39, 0.29) is 51.3 Å². The van der Waals surface area contributed by atoms with Crippen LogP contribution in [0.4, 0.5) is 5.69 Å². The Bertz CT molecular complexity index is 1650. The van der Waals surface area contributed by atoms with Crippen molar-refractivity contribution in [2.24, 2.45) is 0 Å². The second kappa shape index (κ2) is 12.4. The number of halogens is 2. The summed E-state index contributed by atoms with van der Waals surface area (Å²) in [6.07, 6.45) is 3.42. The van der Waals surface area contributed by atoms with Crippen molar-refractivity contribution in [3.05, 3.63) is 80.6 Å². The topological polar surface area (TPSA) is 157 Å². The number of carbonyl (C=O) groups excluding carboxylic acids is 5. The Labute approximate surface area is 262 Å². The summed E-state index contributed by atoms with van der Waals surface area (Å²) in [6, 6.07) is 9.79. The number of nitrogens with zero attached hydrogens (tertiary/aromatic N) is 3. The smallest absolute Gasteiger partial charge is 0.274 e. The molecule has 2 saturated heterocycles. The third-order valence-electron chi connectivity index (χ3n) is 8.21. The quantitative estimate of drug-likeness (QED) is 0.290. The lowest BCUT2D eigenvalue weighted by Crippen LogP contribution is -2.52. The van der Waals surface area contributed by atoms with E-state index in [4.69, 9.17) is 23.2 Å². The Hall–Kier alpha value is -4.26. The molecule has 2 fully saturated rings. The van der Waals surface area contributed by atoms with Crippen LogP contribution in [-0.4, -0.2) is 74.7 Å². The molecule has 1 atom stereocenters. The highest BCUT2D eigenvalue weighted by Crippen LogP contribution is 2.29. The Morgan fingerprint density at radius 2 is 1.75 bits per heavy atom. The minimum absolute atomic E-state index is 0.0583. The number of benzene rings is 2. The monoisotopic (exact) mass is 637 g/mol. The van der Waals surface area contributed by atoms with Gasteiger partial charge in [-0.3, -0.25) is 39.3 Å². The molecule has 0 bridgehead atoms. The Morgan fingerprint density at radius 3 is 2.48 bits per heavy atom. The number of imide groups is 1.